The summed E-state index contributed by atoms with van der Waals surface area (Å²) in [5.41, 5.74) is 2.29. The van der Waals surface area contributed by atoms with Gasteiger partial charge in [0.25, 0.3) is 0 Å². The summed E-state index contributed by atoms with van der Waals surface area (Å²) in [6.07, 6.45) is 1.91. The van der Waals surface area contributed by atoms with Crippen LogP contribution in [0.2, 0.25) is 0 Å². The molecule has 0 N–H and O–H groups in total. The number of carbonyl (C=O) groups is 2. The SMILES string of the molecule is CCOC(=O)C(C(=O)OCC)c1c2ccccc2n2cc(Br)ccc12. The first-order valence-electron chi connectivity index (χ1n) is 8.10. The molecule has 0 spiro atoms. The van der Waals surface area contributed by atoms with Crippen molar-refractivity contribution in [3.8, 4) is 0 Å². The predicted molar refractivity (Wildman–Crippen MR) is 98.6 cm³/mol. The Morgan fingerprint density at radius 1 is 1.00 bits per heavy atom. The number of fused-ring (bicyclic) bond motifs is 3. The van der Waals surface area contributed by atoms with E-state index in [1.54, 1.807) is 13.8 Å². The standard InChI is InChI=1S/C19H18BrNO4/c1-3-24-18(22)17(19(23)25-4-2)16-13-7-5-6-8-14(13)21-11-12(20)9-10-15(16)21/h5-11,17H,3-4H2,1-2H3. The lowest BCUT2D eigenvalue weighted by Crippen LogP contribution is -2.26. The van der Waals surface area contributed by atoms with Gasteiger partial charge in [0.2, 0.25) is 0 Å². The molecule has 25 heavy (non-hydrogen) atoms. The third-order valence-electron chi connectivity index (χ3n) is 3.98. The van der Waals surface area contributed by atoms with Gasteiger partial charge in [0.1, 0.15) is 0 Å². The van der Waals surface area contributed by atoms with Crippen molar-refractivity contribution in [3.05, 3.63) is 52.6 Å². The zero-order valence-electron chi connectivity index (χ0n) is 14.0. The fourth-order valence-electron chi connectivity index (χ4n) is 3.03. The summed E-state index contributed by atoms with van der Waals surface area (Å²) in [6.45, 7) is 3.83. The molecule has 2 aromatic heterocycles. The van der Waals surface area contributed by atoms with Gasteiger partial charge in [0, 0.05) is 21.6 Å². The van der Waals surface area contributed by atoms with Crippen molar-refractivity contribution in [2.45, 2.75) is 19.8 Å². The third kappa shape index (κ3) is 3.14. The molecule has 3 aromatic rings. The normalized spacial score (nSPS) is 11.2. The van der Waals surface area contributed by atoms with Gasteiger partial charge in [0.05, 0.1) is 24.2 Å². The van der Waals surface area contributed by atoms with Crippen molar-refractivity contribution >= 4 is 44.3 Å². The molecule has 0 fully saturated rings. The van der Waals surface area contributed by atoms with Crippen LogP contribution in [0.5, 0.6) is 0 Å². The van der Waals surface area contributed by atoms with Gasteiger partial charge in [-0.25, -0.2) is 0 Å². The van der Waals surface area contributed by atoms with E-state index in [0.717, 1.165) is 20.9 Å². The fourth-order valence-corrected chi connectivity index (χ4v) is 3.37. The highest BCUT2D eigenvalue weighted by atomic mass is 79.9. The second kappa shape index (κ2) is 7.27. The van der Waals surface area contributed by atoms with Crippen LogP contribution >= 0.6 is 15.9 Å². The maximum Gasteiger partial charge on any atom is 0.324 e. The number of pyridine rings is 1. The number of hydrogen-bond acceptors (Lipinski definition) is 4. The number of aromatic nitrogens is 1. The van der Waals surface area contributed by atoms with Crippen molar-refractivity contribution in [2.75, 3.05) is 13.2 Å². The molecule has 0 saturated carbocycles. The minimum Gasteiger partial charge on any atom is -0.465 e. The van der Waals surface area contributed by atoms with Crippen molar-refractivity contribution in [2.24, 2.45) is 0 Å². The molecule has 0 amide bonds. The van der Waals surface area contributed by atoms with E-state index in [2.05, 4.69) is 15.9 Å². The number of hydrogen-bond donors (Lipinski definition) is 0. The van der Waals surface area contributed by atoms with E-state index in [1.165, 1.54) is 0 Å². The molecule has 0 unspecified atom stereocenters. The van der Waals surface area contributed by atoms with Gasteiger partial charge in [-0.15, -0.1) is 0 Å². The van der Waals surface area contributed by atoms with E-state index >= 15 is 0 Å². The Bertz CT molecular complexity index is 929. The predicted octanol–water partition coefficient (Wildman–Crippen LogP) is 4.06. The Labute approximate surface area is 153 Å². The molecule has 0 atom stereocenters. The quantitative estimate of drug-likeness (QED) is 0.475. The Morgan fingerprint density at radius 2 is 1.64 bits per heavy atom. The maximum absolute atomic E-state index is 12.6. The minimum absolute atomic E-state index is 0.198. The molecule has 0 aliphatic heterocycles. The summed E-state index contributed by atoms with van der Waals surface area (Å²) in [5, 5.41) is 0.826. The molecule has 2 heterocycles. The Morgan fingerprint density at radius 3 is 2.28 bits per heavy atom. The molecule has 0 bridgehead atoms. The lowest BCUT2D eigenvalue weighted by molar-refractivity contribution is -0.156. The monoisotopic (exact) mass is 403 g/mol. The van der Waals surface area contributed by atoms with Gasteiger partial charge >= 0.3 is 11.9 Å². The molecule has 1 aromatic carbocycles. The summed E-state index contributed by atoms with van der Waals surface area (Å²) in [7, 11) is 0. The van der Waals surface area contributed by atoms with Crippen molar-refractivity contribution in [3.63, 3.8) is 0 Å². The second-order valence-corrected chi connectivity index (χ2v) is 6.39. The molecular formula is C19H18BrNO4. The average molecular weight is 404 g/mol. The second-order valence-electron chi connectivity index (χ2n) is 5.47. The van der Waals surface area contributed by atoms with Crippen molar-refractivity contribution < 1.29 is 19.1 Å². The van der Waals surface area contributed by atoms with Crippen LogP contribution in [0, 0.1) is 0 Å². The zero-order valence-corrected chi connectivity index (χ0v) is 15.6. The van der Waals surface area contributed by atoms with Crippen LogP contribution < -0.4 is 0 Å². The first kappa shape index (κ1) is 17.5. The van der Waals surface area contributed by atoms with Crippen LogP contribution in [-0.4, -0.2) is 29.6 Å². The summed E-state index contributed by atoms with van der Waals surface area (Å²) in [4.78, 5) is 25.1. The molecule has 5 nitrogen and oxygen atoms in total. The van der Waals surface area contributed by atoms with E-state index in [-0.39, 0.29) is 13.2 Å². The van der Waals surface area contributed by atoms with E-state index in [0.29, 0.717) is 5.56 Å². The Balaban J connectivity index is 2.32. The van der Waals surface area contributed by atoms with Gasteiger partial charge in [-0.05, 0) is 48.0 Å². The number of carbonyl (C=O) groups excluding carboxylic acids is 2. The highest BCUT2D eigenvalue weighted by molar-refractivity contribution is 9.10. The van der Waals surface area contributed by atoms with Gasteiger partial charge in [-0.1, -0.05) is 18.2 Å². The lowest BCUT2D eigenvalue weighted by Gasteiger charge is -2.14. The Hall–Kier alpha value is -2.34. The lowest BCUT2D eigenvalue weighted by atomic mass is 9.96. The summed E-state index contributed by atoms with van der Waals surface area (Å²) < 4.78 is 13.2. The first-order chi connectivity index (χ1) is 12.1. The van der Waals surface area contributed by atoms with E-state index in [1.807, 2.05) is 47.0 Å². The number of halogens is 1. The molecule has 0 radical (unpaired) electrons. The minimum atomic E-state index is -1.11. The largest absolute Gasteiger partial charge is 0.465 e. The first-order valence-corrected chi connectivity index (χ1v) is 8.89. The van der Waals surface area contributed by atoms with Crippen molar-refractivity contribution in [1.29, 1.82) is 0 Å². The molecule has 0 aliphatic rings. The zero-order chi connectivity index (χ0) is 18.0. The van der Waals surface area contributed by atoms with Crippen LogP contribution in [0.4, 0.5) is 0 Å². The summed E-state index contributed by atoms with van der Waals surface area (Å²) in [5.74, 6) is -2.31. The molecule has 6 heteroatoms. The number of benzene rings is 1. The van der Waals surface area contributed by atoms with Crippen LogP contribution in [0.25, 0.3) is 16.4 Å². The van der Waals surface area contributed by atoms with E-state index in [9.17, 15) is 9.59 Å². The third-order valence-corrected chi connectivity index (χ3v) is 4.44. The van der Waals surface area contributed by atoms with Gasteiger partial charge < -0.3 is 13.9 Å². The molecule has 0 aliphatic carbocycles. The number of nitrogens with zero attached hydrogens (tertiary/aromatic N) is 1. The number of para-hydroxylation sites is 1. The number of esters is 2. The molecule has 130 valence electrons. The Kier molecular flexibility index (Phi) is 5.08. The highest BCUT2D eigenvalue weighted by Crippen LogP contribution is 2.35. The maximum atomic E-state index is 12.6. The smallest absolute Gasteiger partial charge is 0.324 e. The van der Waals surface area contributed by atoms with Gasteiger partial charge in [0.15, 0.2) is 5.92 Å². The topological polar surface area (TPSA) is 57.0 Å². The van der Waals surface area contributed by atoms with Gasteiger partial charge in [-0.2, -0.15) is 0 Å². The van der Waals surface area contributed by atoms with Crippen molar-refractivity contribution in [1.82, 2.24) is 4.40 Å². The fraction of sp³-hybridized carbons (Fsp3) is 0.263. The summed E-state index contributed by atoms with van der Waals surface area (Å²) in [6, 6.07) is 11.4. The average Bonchev–Trinajstić information content (AvgIpc) is 2.90. The van der Waals surface area contributed by atoms with Crippen LogP contribution in [0.15, 0.2) is 47.1 Å². The van der Waals surface area contributed by atoms with Crippen LogP contribution in [0.1, 0.15) is 25.3 Å². The van der Waals surface area contributed by atoms with Crippen LogP contribution in [0.3, 0.4) is 0 Å². The highest BCUT2D eigenvalue weighted by Gasteiger charge is 2.35. The van der Waals surface area contributed by atoms with E-state index in [4.69, 9.17) is 9.47 Å². The number of ether oxygens (including phenoxy) is 2. The molecule has 3 rings (SSSR count). The molecule has 0 saturated heterocycles. The van der Waals surface area contributed by atoms with Gasteiger partial charge in [-0.3, -0.25) is 9.59 Å². The van der Waals surface area contributed by atoms with E-state index < -0.39 is 17.9 Å². The number of rotatable bonds is 5. The van der Waals surface area contributed by atoms with Crippen LogP contribution in [-0.2, 0) is 19.1 Å². The summed E-state index contributed by atoms with van der Waals surface area (Å²) >= 11 is 3.47. The molecular weight excluding hydrogens is 386 g/mol.